The molecular weight excluding hydrogens is 194 g/mol. The van der Waals surface area contributed by atoms with E-state index in [1.165, 1.54) is 0 Å². The lowest BCUT2D eigenvalue weighted by atomic mass is 10.4. The Balaban J connectivity index is 1.99. The maximum Gasteiger partial charge on any atom is 0.0963 e. The molecule has 0 spiro atoms. The van der Waals surface area contributed by atoms with Crippen molar-refractivity contribution in [3.05, 3.63) is 42.1 Å². The zero-order valence-electron chi connectivity index (χ0n) is 7.90. The fraction of sp³-hybridized carbons (Fsp3) is 0.200. The van der Waals surface area contributed by atoms with E-state index in [4.69, 9.17) is 0 Å². The lowest BCUT2D eigenvalue weighted by Crippen LogP contribution is -1.85. The summed E-state index contributed by atoms with van der Waals surface area (Å²) in [6.07, 6.45) is 3.53. The Morgan fingerprint density at radius 3 is 2.93 bits per heavy atom. The lowest BCUT2D eigenvalue weighted by molar-refractivity contribution is 1.12. The van der Waals surface area contributed by atoms with Crippen LogP contribution in [0.2, 0.25) is 0 Å². The summed E-state index contributed by atoms with van der Waals surface area (Å²) >= 11 is 1.70. The highest BCUT2D eigenvalue weighted by atomic mass is 32.2. The number of imidazole rings is 1. The Morgan fingerprint density at radius 2 is 2.29 bits per heavy atom. The first-order valence-electron chi connectivity index (χ1n) is 4.39. The van der Waals surface area contributed by atoms with Crippen LogP contribution in [0.25, 0.3) is 0 Å². The normalized spacial score (nSPS) is 10.4. The molecular formula is C10H11N3S. The van der Waals surface area contributed by atoms with E-state index in [0.29, 0.717) is 0 Å². The number of nitrogens with one attached hydrogen (secondary N) is 1. The highest BCUT2D eigenvalue weighted by Crippen LogP contribution is 2.19. The molecule has 0 aliphatic rings. The first-order valence-corrected chi connectivity index (χ1v) is 5.37. The monoisotopic (exact) mass is 205 g/mol. The summed E-state index contributed by atoms with van der Waals surface area (Å²) in [5.74, 6) is 0.867. The molecule has 1 N–H and O–H groups in total. The summed E-state index contributed by atoms with van der Waals surface area (Å²) in [6, 6.07) is 5.92. The third kappa shape index (κ3) is 2.14. The number of nitrogens with zero attached hydrogens (tertiary/aromatic N) is 2. The van der Waals surface area contributed by atoms with Crippen molar-refractivity contribution in [2.75, 3.05) is 0 Å². The van der Waals surface area contributed by atoms with E-state index in [-0.39, 0.29) is 0 Å². The largest absolute Gasteiger partial charge is 0.348 e. The van der Waals surface area contributed by atoms with Gasteiger partial charge in [-0.25, -0.2) is 9.97 Å². The molecule has 3 nitrogen and oxygen atoms in total. The molecule has 2 heterocycles. The number of rotatable bonds is 3. The van der Waals surface area contributed by atoms with Crippen LogP contribution < -0.4 is 0 Å². The molecule has 2 aromatic rings. The van der Waals surface area contributed by atoms with E-state index in [2.05, 4.69) is 15.0 Å². The fourth-order valence-electron chi connectivity index (χ4n) is 1.11. The van der Waals surface area contributed by atoms with E-state index in [0.717, 1.165) is 22.2 Å². The Labute approximate surface area is 87.0 Å². The van der Waals surface area contributed by atoms with Crippen LogP contribution >= 0.6 is 11.8 Å². The minimum Gasteiger partial charge on any atom is -0.348 e. The van der Waals surface area contributed by atoms with Gasteiger partial charge in [-0.3, -0.25) is 0 Å². The standard InChI is InChI=1S/C10H11N3S/c1-8-9(13-7-12-8)6-14-10-4-2-3-5-11-10/h2-5,7H,6H2,1H3,(H,12,13). The van der Waals surface area contributed by atoms with Crippen molar-refractivity contribution in [1.29, 1.82) is 0 Å². The highest BCUT2D eigenvalue weighted by Gasteiger charge is 2.01. The second-order valence-corrected chi connectivity index (χ2v) is 3.93. The number of hydrogen-bond donors (Lipinski definition) is 1. The quantitative estimate of drug-likeness (QED) is 0.782. The number of aromatic amines is 1. The smallest absolute Gasteiger partial charge is 0.0963 e. The molecule has 0 saturated carbocycles. The molecule has 72 valence electrons. The summed E-state index contributed by atoms with van der Waals surface area (Å²) < 4.78 is 0. The molecule has 0 atom stereocenters. The second-order valence-electron chi connectivity index (χ2n) is 2.93. The van der Waals surface area contributed by atoms with Gasteiger partial charge in [0.2, 0.25) is 0 Å². The van der Waals surface area contributed by atoms with Crippen LogP contribution in [0.15, 0.2) is 35.7 Å². The zero-order valence-corrected chi connectivity index (χ0v) is 8.71. The number of thioether (sulfide) groups is 1. The maximum absolute atomic E-state index is 4.23. The van der Waals surface area contributed by atoms with Gasteiger partial charge >= 0.3 is 0 Å². The summed E-state index contributed by atoms with van der Waals surface area (Å²) in [7, 11) is 0. The van der Waals surface area contributed by atoms with Crippen LogP contribution in [0, 0.1) is 6.92 Å². The predicted octanol–water partition coefficient (Wildman–Crippen LogP) is 2.41. The van der Waals surface area contributed by atoms with Crippen molar-refractivity contribution in [3.8, 4) is 0 Å². The first-order chi connectivity index (χ1) is 6.86. The van der Waals surface area contributed by atoms with Gasteiger partial charge in [0.15, 0.2) is 0 Å². The van der Waals surface area contributed by atoms with Crippen LogP contribution in [-0.4, -0.2) is 15.0 Å². The second kappa shape index (κ2) is 4.28. The summed E-state index contributed by atoms with van der Waals surface area (Å²) in [6.45, 7) is 2.03. The van der Waals surface area contributed by atoms with Crippen LogP contribution in [0.4, 0.5) is 0 Å². The van der Waals surface area contributed by atoms with Crippen molar-refractivity contribution in [2.45, 2.75) is 17.7 Å². The average molecular weight is 205 g/mol. The van der Waals surface area contributed by atoms with Gasteiger partial charge in [0.1, 0.15) is 0 Å². The van der Waals surface area contributed by atoms with E-state index >= 15 is 0 Å². The maximum atomic E-state index is 4.23. The minimum atomic E-state index is 0.867. The Bertz CT molecular complexity index is 397. The fourth-order valence-corrected chi connectivity index (χ4v) is 1.99. The topological polar surface area (TPSA) is 41.6 Å². The van der Waals surface area contributed by atoms with Crippen LogP contribution in [0.5, 0.6) is 0 Å². The van der Waals surface area contributed by atoms with E-state index in [1.54, 1.807) is 24.3 Å². The van der Waals surface area contributed by atoms with Gasteiger partial charge in [0.25, 0.3) is 0 Å². The number of aromatic nitrogens is 3. The molecule has 2 aromatic heterocycles. The lowest BCUT2D eigenvalue weighted by Gasteiger charge is -1.98. The van der Waals surface area contributed by atoms with Crippen molar-refractivity contribution in [1.82, 2.24) is 15.0 Å². The Kier molecular flexibility index (Phi) is 2.84. The van der Waals surface area contributed by atoms with Crippen LogP contribution in [0.1, 0.15) is 11.4 Å². The van der Waals surface area contributed by atoms with Crippen LogP contribution in [0.3, 0.4) is 0 Å². The first kappa shape index (κ1) is 9.27. The van der Waals surface area contributed by atoms with E-state index in [1.807, 2.05) is 25.1 Å². The molecule has 0 aliphatic heterocycles. The van der Waals surface area contributed by atoms with Crippen molar-refractivity contribution in [3.63, 3.8) is 0 Å². The number of pyridine rings is 1. The van der Waals surface area contributed by atoms with Gasteiger partial charge in [-0.15, -0.1) is 0 Å². The van der Waals surface area contributed by atoms with Crippen molar-refractivity contribution >= 4 is 11.8 Å². The molecule has 0 unspecified atom stereocenters. The van der Waals surface area contributed by atoms with Gasteiger partial charge < -0.3 is 4.98 Å². The van der Waals surface area contributed by atoms with E-state index < -0.39 is 0 Å². The van der Waals surface area contributed by atoms with E-state index in [9.17, 15) is 0 Å². The molecule has 0 aromatic carbocycles. The number of aryl methyl sites for hydroxylation is 1. The van der Waals surface area contributed by atoms with Gasteiger partial charge in [-0.1, -0.05) is 17.8 Å². The molecule has 0 amide bonds. The van der Waals surface area contributed by atoms with Gasteiger partial charge in [0, 0.05) is 17.6 Å². The third-order valence-electron chi connectivity index (χ3n) is 1.93. The summed E-state index contributed by atoms with van der Waals surface area (Å²) in [5.41, 5.74) is 2.23. The molecule has 0 bridgehead atoms. The Hall–Kier alpha value is -1.29. The SMILES string of the molecule is Cc1[nH]cnc1CSc1ccccn1. The Morgan fingerprint density at radius 1 is 1.36 bits per heavy atom. The van der Waals surface area contributed by atoms with Gasteiger partial charge in [-0.05, 0) is 19.1 Å². The molecule has 0 radical (unpaired) electrons. The minimum absolute atomic E-state index is 0.867. The van der Waals surface area contributed by atoms with Crippen molar-refractivity contribution < 1.29 is 0 Å². The predicted molar refractivity (Wildman–Crippen MR) is 57.1 cm³/mol. The molecule has 2 rings (SSSR count). The summed E-state index contributed by atoms with van der Waals surface area (Å²) in [4.78, 5) is 11.5. The molecule has 0 fully saturated rings. The zero-order chi connectivity index (χ0) is 9.80. The van der Waals surface area contributed by atoms with Gasteiger partial charge in [-0.2, -0.15) is 0 Å². The molecule has 0 aliphatic carbocycles. The van der Waals surface area contributed by atoms with Gasteiger partial charge in [0.05, 0.1) is 17.0 Å². The summed E-state index contributed by atoms with van der Waals surface area (Å²) in [5, 5.41) is 1.04. The highest BCUT2D eigenvalue weighted by molar-refractivity contribution is 7.98. The number of H-pyrrole nitrogens is 1. The average Bonchev–Trinajstić information content (AvgIpc) is 2.63. The van der Waals surface area contributed by atoms with Crippen molar-refractivity contribution in [2.24, 2.45) is 0 Å². The third-order valence-corrected chi connectivity index (χ3v) is 2.88. The van der Waals surface area contributed by atoms with Crippen LogP contribution in [-0.2, 0) is 5.75 Å². The molecule has 14 heavy (non-hydrogen) atoms. The molecule has 0 saturated heterocycles. The number of hydrogen-bond acceptors (Lipinski definition) is 3. The molecule has 4 heteroatoms.